The first kappa shape index (κ1) is 20.5. The lowest BCUT2D eigenvalue weighted by molar-refractivity contribution is -0.179. The van der Waals surface area contributed by atoms with Gasteiger partial charge in [0.15, 0.2) is 0 Å². The zero-order valence-corrected chi connectivity index (χ0v) is 21.2. The first-order valence-corrected chi connectivity index (χ1v) is 16.0. The Bertz CT molecular complexity index is 1260. The second-order valence-corrected chi connectivity index (χ2v) is 16.5. The molecule has 0 unspecified atom stereocenters. The highest BCUT2D eigenvalue weighted by molar-refractivity contribution is 7.03. The molecule has 0 atom stereocenters. The van der Waals surface area contributed by atoms with Gasteiger partial charge in [-0.05, 0) is 106 Å². The lowest BCUT2D eigenvalue weighted by Crippen LogP contribution is -2.55. The molecule has 33 heavy (non-hydrogen) atoms. The molecule has 0 radical (unpaired) electrons. The minimum Gasteiger partial charge on any atom is -0.385 e. The van der Waals surface area contributed by atoms with Gasteiger partial charge in [0.05, 0.1) is 5.60 Å². The predicted molar refractivity (Wildman–Crippen MR) is 140 cm³/mol. The topological polar surface area (TPSA) is 20.2 Å². The minimum absolute atomic E-state index is 0.387. The molecule has 168 valence electrons. The van der Waals surface area contributed by atoms with Gasteiger partial charge >= 0.3 is 0 Å². The van der Waals surface area contributed by atoms with E-state index in [1.54, 1.807) is 0 Å². The molecule has 0 spiro atoms. The van der Waals surface area contributed by atoms with Crippen molar-refractivity contribution in [2.24, 2.45) is 23.7 Å². The number of halogens is 1. The summed E-state index contributed by atoms with van der Waals surface area (Å²) in [6.45, 7) is 4.93. The fraction of sp³-hybridized carbons (Fsp3) is 0.400. The number of rotatable bonds is 2. The van der Waals surface area contributed by atoms with Gasteiger partial charge in [0.2, 0.25) is 0 Å². The van der Waals surface area contributed by atoms with Crippen LogP contribution in [0.3, 0.4) is 0 Å². The van der Waals surface area contributed by atoms with E-state index >= 15 is 0 Å². The molecule has 3 heteroatoms. The summed E-state index contributed by atoms with van der Waals surface area (Å²) in [7, 11) is -1.76. The van der Waals surface area contributed by atoms with Crippen LogP contribution in [0, 0.1) is 23.7 Å². The molecule has 0 saturated heterocycles. The molecule has 0 aromatic heterocycles. The summed E-state index contributed by atoms with van der Waals surface area (Å²) >= 11 is 6.58. The van der Waals surface area contributed by atoms with E-state index in [1.165, 1.54) is 59.2 Å². The molecule has 4 bridgehead atoms. The third kappa shape index (κ3) is 2.75. The largest absolute Gasteiger partial charge is 0.385 e. The Morgan fingerprint density at radius 3 is 2.15 bits per heavy atom. The van der Waals surface area contributed by atoms with Gasteiger partial charge in [0, 0.05) is 5.02 Å². The van der Waals surface area contributed by atoms with Crippen LogP contribution in [-0.4, -0.2) is 13.2 Å². The lowest BCUT2D eigenvalue weighted by atomic mass is 9.48. The first-order valence-electron chi connectivity index (χ1n) is 12.6. The smallest absolute Gasteiger partial charge is 0.113 e. The summed E-state index contributed by atoms with van der Waals surface area (Å²) in [5, 5.41) is 16.2. The third-order valence-electron chi connectivity index (χ3n) is 9.69. The zero-order valence-electron chi connectivity index (χ0n) is 19.4. The van der Waals surface area contributed by atoms with Crippen molar-refractivity contribution in [2.45, 2.75) is 50.8 Å². The molecule has 1 N–H and O–H groups in total. The Labute approximate surface area is 202 Å². The fourth-order valence-electron chi connectivity index (χ4n) is 8.32. The molecule has 3 aromatic rings. The van der Waals surface area contributed by atoms with E-state index < -0.39 is 13.7 Å². The van der Waals surface area contributed by atoms with Crippen molar-refractivity contribution in [1.29, 1.82) is 0 Å². The molecule has 1 aliphatic heterocycles. The second kappa shape index (κ2) is 6.84. The molecule has 5 aliphatic rings. The quantitative estimate of drug-likeness (QED) is 0.426. The van der Waals surface area contributed by atoms with Crippen LogP contribution in [-0.2, 0) is 5.60 Å². The van der Waals surface area contributed by atoms with Crippen LogP contribution in [0.1, 0.15) is 37.7 Å². The van der Waals surface area contributed by atoms with E-state index in [9.17, 15) is 5.11 Å². The highest BCUT2D eigenvalue weighted by atomic mass is 35.5. The molecular weight excluding hydrogens is 440 g/mol. The zero-order chi connectivity index (χ0) is 22.5. The minimum atomic E-state index is -1.76. The molecule has 1 heterocycles. The summed E-state index contributed by atoms with van der Waals surface area (Å²) in [5.74, 6) is 2.43. The van der Waals surface area contributed by atoms with E-state index in [1.807, 2.05) is 6.07 Å². The van der Waals surface area contributed by atoms with Gasteiger partial charge in [-0.25, -0.2) is 0 Å². The summed E-state index contributed by atoms with van der Waals surface area (Å²) in [6, 6.07) is 22.2. The Morgan fingerprint density at radius 2 is 1.42 bits per heavy atom. The van der Waals surface area contributed by atoms with Gasteiger partial charge in [-0.1, -0.05) is 73.2 Å². The van der Waals surface area contributed by atoms with E-state index in [0.29, 0.717) is 11.8 Å². The van der Waals surface area contributed by atoms with Crippen LogP contribution >= 0.6 is 11.6 Å². The van der Waals surface area contributed by atoms with Crippen LogP contribution in [0.5, 0.6) is 0 Å². The van der Waals surface area contributed by atoms with Crippen molar-refractivity contribution in [3.63, 3.8) is 0 Å². The number of hydrogen-bond donors (Lipinski definition) is 1. The molecule has 8 rings (SSSR count). The maximum Gasteiger partial charge on any atom is 0.113 e. The van der Waals surface area contributed by atoms with Crippen LogP contribution in [0.2, 0.25) is 18.1 Å². The molecule has 4 saturated carbocycles. The highest BCUT2D eigenvalue weighted by Gasteiger charge is 2.57. The molecule has 0 amide bonds. The molecule has 4 aliphatic carbocycles. The third-order valence-corrected chi connectivity index (χ3v) is 13.5. The Balaban J connectivity index is 1.39. The van der Waals surface area contributed by atoms with Gasteiger partial charge in [-0.3, -0.25) is 0 Å². The maximum absolute atomic E-state index is 12.4. The molecule has 3 aromatic carbocycles. The average molecular weight is 471 g/mol. The molecule has 1 nitrogen and oxygen atoms in total. The van der Waals surface area contributed by atoms with Gasteiger partial charge < -0.3 is 5.11 Å². The highest BCUT2D eigenvalue weighted by Crippen LogP contribution is 2.62. The maximum atomic E-state index is 12.4. The van der Waals surface area contributed by atoms with Gasteiger partial charge in [0.1, 0.15) is 8.07 Å². The number of fused-ring (bicyclic) bond motifs is 3. The average Bonchev–Trinajstić information content (AvgIpc) is 3.03. The first-order chi connectivity index (χ1) is 15.9. The van der Waals surface area contributed by atoms with Gasteiger partial charge in [-0.2, -0.15) is 0 Å². The van der Waals surface area contributed by atoms with Crippen molar-refractivity contribution in [3.8, 4) is 22.3 Å². The van der Waals surface area contributed by atoms with E-state index in [2.05, 4.69) is 67.7 Å². The van der Waals surface area contributed by atoms with E-state index in [0.717, 1.165) is 28.0 Å². The Morgan fingerprint density at radius 1 is 0.758 bits per heavy atom. The Kier molecular flexibility index (Phi) is 4.25. The van der Waals surface area contributed by atoms with E-state index in [-0.39, 0.29) is 0 Å². The monoisotopic (exact) mass is 470 g/mol. The Hall–Kier alpha value is -1.87. The van der Waals surface area contributed by atoms with Crippen molar-refractivity contribution >= 4 is 30.0 Å². The normalized spacial score (nSPS) is 32.6. The van der Waals surface area contributed by atoms with Crippen molar-refractivity contribution in [1.82, 2.24) is 0 Å². The van der Waals surface area contributed by atoms with Crippen LogP contribution in [0.15, 0.2) is 60.7 Å². The van der Waals surface area contributed by atoms with Crippen LogP contribution < -0.4 is 10.4 Å². The van der Waals surface area contributed by atoms with Crippen LogP contribution in [0.25, 0.3) is 22.3 Å². The van der Waals surface area contributed by atoms with Crippen LogP contribution in [0.4, 0.5) is 0 Å². The molecular formula is C30H31ClOSi. The number of aliphatic hydroxyl groups is 1. The van der Waals surface area contributed by atoms with Gasteiger partial charge in [0.25, 0.3) is 0 Å². The SMILES string of the molecule is C[Si]1(C)c2ccccc2-c2ccc(-c3cc(Cl)ccc3C3(O)C4CC5CC(C4)CC3C5)cc21. The number of hydrogen-bond acceptors (Lipinski definition) is 1. The summed E-state index contributed by atoms with van der Waals surface area (Å²) in [4.78, 5) is 0. The predicted octanol–water partition coefficient (Wildman–Crippen LogP) is 6.45. The molecule has 4 fully saturated rings. The fourth-order valence-corrected chi connectivity index (χ4v) is 11.6. The van der Waals surface area contributed by atoms with Crippen molar-refractivity contribution in [2.75, 3.05) is 0 Å². The van der Waals surface area contributed by atoms with Crippen molar-refractivity contribution in [3.05, 3.63) is 71.2 Å². The van der Waals surface area contributed by atoms with Gasteiger partial charge in [-0.15, -0.1) is 0 Å². The summed E-state index contributed by atoms with van der Waals surface area (Å²) in [5.41, 5.74) is 5.55. The summed E-state index contributed by atoms with van der Waals surface area (Å²) < 4.78 is 0. The van der Waals surface area contributed by atoms with Crippen molar-refractivity contribution < 1.29 is 5.11 Å². The lowest BCUT2D eigenvalue weighted by Gasteiger charge is -2.59. The van der Waals surface area contributed by atoms with E-state index in [4.69, 9.17) is 11.6 Å². The standard InChI is InChI=1S/C30H31ClOSi/c1-33(2)28-6-4-3-5-24(28)25-9-7-20(16-29(25)33)26-17-23(31)8-10-27(26)30(32)21-12-18-11-19(14-21)15-22(30)13-18/h3-10,16-19,21-22,32H,11-15H2,1-2H3. The second-order valence-electron chi connectivity index (χ2n) is 11.8. The number of benzene rings is 3. The summed E-state index contributed by atoms with van der Waals surface area (Å²) in [6.07, 6.45) is 6.13.